The molecule has 1 nitrogen and oxygen atoms in total. The highest BCUT2D eigenvalue weighted by atomic mass is 19.1. The van der Waals surface area contributed by atoms with Gasteiger partial charge in [0, 0.05) is 6.42 Å². The summed E-state index contributed by atoms with van der Waals surface area (Å²) in [6.45, 7) is 0. The molecule has 1 aromatic rings. The van der Waals surface area contributed by atoms with E-state index < -0.39 is 5.60 Å². The van der Waals surface area contributed by atoms with Gasteiger partial charge in [-0.15, -0.1) is 0 Å². The van der Waals surface area contributed by atoms with Crippen LogP contribution < -0.4 is 0 Å². The van der Waals surface area contributed by atoms with Crippen molar-refractivity contribution in [2.45, 2.75) is 50.5 Å². The normalized spacial score (nSPS) is 21.6. The zero-order valence-corrected chi connectivity index (χ0v) is 9.43. The predicted molar refractivity (Wildman–Crippen MR) is 60.9 cm³/mol. The Morgan fingerprint density at radius 1 is 1.19 bits per heavy atom. The summed E-state index contributed by atoms with van der Waals surface area (Å²) in [7, 11) is 0. The SMILES string of the molecule is OC1(Cc2ccc3c(c2F)CCCC3)CC1. The van der Waals surface area contributed by atoms with Crippen LogP contribution >= 0.6 is 0 Å². The largest absolute Gasteiger partial charge is 0.390 e. The molecule has 2 heteroatoms. The average Bonchev–Trinajstić information content (AvgIpc) is 3.01. The lowest BCUT2D eigenvalue weighted by Gasteiger charge is -2.19. The molecule has 1 N–H and O–H groups in total. The number of hydrogen-bond acceptors (Lipinski definition) is 1. The molecule has 0 saturated heterocycles. The first kappa shape index (κ1) is 10.3. The van der Waals surface area contributed by atoms with Crippen molar-refractivity contribution in [2.24, 2.45) is 0 Å². The molecule has 0 bridgehead atoms. The second-order valence-corrected chi connectivity index (χ2v) is 5.28. The summed E-state index contributed by atoms with van der Waals surface area (Å²) in [5, 5.41) is 9.84. The summed E-state index contributed by atoms with van der Waals surface area (Å²) in [6.07, 6.45) is 6.29. The molecule has 0 heterocycles. The molecule has 0 unspecified atom stereocenters. The molecule has 2 aliphatic rings. The highest BCUT2D eigenvalue weighted by Gasteiger charge is 2.41. The van der Waals surface area contributed by atoms with Gasteiger partial charge in [0.1, 0.15) is 5.82 Å². The third kappa shape index (κ3) is 1.75. The van der Waals surface area contributed by atoms with Gasteiger partial charge in [-0.25, -0.2) is 4.39 Å². The first-order valence-electron chi connectivity index (χ1n) is 6.19. The Hall–Kier alpha value is -0.890. The second kappa shape index (κ2) is 3.56. The van der Waals surface area contributed by atoms with E-state index in [9.17, 15) is 9.50 Å². The number of aliphatic hydroxyl groups is 1. The van der Waals surface area contributed by atoms with Crippen LogP contribution in [-0.2, 0) is 19.3 Å². The molecule has 0 spiro atoms. The highest BCUT2D eigenvalue weighted by Crippen LogP contribution is 2.39. The van der Waals surface area contributed by atoms with Gasteiger partial charge in [0.25, 0.3) is 0 Å². The molecule has 0 radical (unpaired) electrons. The molecule has 0 atom stereocenters. The summed E-state index contributed by atoms with van der Waals surface area (Å²) in [4.78, 5) is 0. The minimum Gasteiger partial charge on any atom is -0.390 e. The van der Waals surface area contributed by atoms with Crippen molar-refractivity contribution in [3.05, 3.63) is 34.6 Å². The van der Waals surface area contributed by atoms with Crippen LogP contribution in [0.5, 0.6) is 0 Å². The van der Waals surface area contributed by atoms with Crippen LogP contribution in [0.15, 0.2) is 12.1 Å². The molecular weight excluding hydrogens is 203 g/mol. The lowest BCUT2D eigenvalue weighted by Crippen LogP contribution is -2.14. The van der Waals surface area contributed by atoms with E-state index in [0.29, 0.717) is 12.0 Å². The Bertz CT molecular complexity index is 421. The third-order valence-corrected chi connectivity index (χ3v) is 3.89. The monoisotopic (exact) mass is 220 g/mol. The van der Waals surface area contributed by atoms with E-state index in [2.05, 4.69) is 6.07 Å². The number of aryl methyl sites for hydroxylation is 1. The molecule has 0 amide bonds. The molecular formula is C14H17FO. The zero-order valence-electron chi connectivity index (χ0n) is 9.43. The molecule has 0 aliphatic heterocycles. The Labute approximate surface area is 95.3 Å². The van der Waals surface area contributed by atoms with Crippen LogP contribution in [0.25, 0.3) is 0 Å². The van der Waals surface area contributed by atoms with Gasteiger partial charge in [0.2, 0.25) is 0 Å². The molecule has 1 fully saturated rings. The number of hydrogen-bond donors (Lipinski definition) is 1. The first-order chi connectivity index (χ1) is 7.68. The molecule has 0 aromatic heterocycles. The van der Waals surface area contributed by atoms with Crippen molar-refractivity contribution in [2.75, 3.05) is 0 Å². The molecule has 3 rings (SSSR count). The lowest BCUT2D eigenvalue weighted by molar-refractivity contribution is 0.149. The third-order valence-electron chi connectivity index (χ3n) is 3.89. The van der Waals surface area contributed by atoms with Crippen LogP contribution in [0.4, 0.5) is 4.39 Å². The van der Waals surface area contributed by atoms with Gasteiger partial charge in [-0.05, 0) is 55.2 Å². The molecule has 1 aromatic carbocycles. The van der Waals surface area contributed by atoms with E-state index in [0.717, 1.165) is 37.7 Å². The molecule has 86 valence electrons. The number of halogens is 1. The minimum atomic E-state index is -0.594. The quantitative estimate of drug-likeness (QED) is 0.812. The van der Waals surface area contributed by atoms with E-state index in [1.54, 1.807) is 0 Å². The molecule has 1 saturated carbocycles. The maximum atomic E-state index is 14.2. The van der Waals surface area contributed by atoms with E-state index in [1.165, 1.54) is 12.0 Å². The smallest absolute Gasteiger partial charge is 0.129 e. The number of fused-ring (bicyclic) bond motifs is 1. The topological polar surface area (TPSA) is 20.2 Å². The Balaban J connectivity index is 1.94. The van der Waals surface area contributed by atoms with Crippen molar-refractivity contribution in [3.63, 3.8) is 0 Å². The highest BCUT2D eigenvalue weighted by molar-refractivity contribution is 5.36. The van der Waals surface area contributed by atoms with Crippen molar-refractivity contribution in [1.82, 2.24) is 0 Å². The average molecular weight is 220 g/mol. The van der Waals surface area contributed by atoms with E-state index in [-0.39, 0.29) is 5.82 Å². The fraction of sp³-hybridized carbons (Fsp3) is 0.571. The van der Waals surface area contributed by atoms with Gasteiger partial charge < -0.3 is 5.11 Å². The second-order valence-electron chi connectivity index (χ2n) is 5.28. The predicted octanol–water partition coefficient (Wildman–Crippen LogP) is 2.77. The van der Waals surface area contributed by atoms with Crippen LogP contribution in [0.1, 0.15) is 42.4 Å². The van der Waals surface area contributed by atoms with Crippen molar-refractivity contribution >= 4 is 0 Å². The van der Waals surface area contributed by atoms with Gasteiger partial charge in [-0.3, -0.25) is 0 Å². The Morgan fingerprint density at radius 3 is 2.69 bits per heavy atom. The van der Waals surface area contributed by atoms with Crippen molar-refractivity contribution in [1.29, 1.82) is 0 Å². The number of rotatable bonds is 2. The summed E-state index contributed by atoms with van der Waals surface area (Å²) < 4.78 is 14.2. The summed E-state index contributed by atoms with van der Waals surface area (Å²) in [5.74, 6) is -0.0440. The molecule has 16 heavy (non-hydrogen) atoms. The summed E-state index contributed by atoms with van der Waals surface area (Å²) >= 11 is 0. The zero-order chi connectivity index (χ0) is 11.2. The van der Waals surface area contributed by atoms with Crippen LogP contribution in [0, 0.1) is 5.82 Å². The minimum absolute atomic E-state index is 0.0440. The van der Waals surface area contributed by atoms with E-state index in [1.807, 2.05) is 6.07 Å². The van der Waals surface area contributed by atoms with Crippen molar-refractivity contribution in [3.8, 4) is 0 Å². The Kier molecular flexibility index (Phi) is 2.28. The van der Waals surface area contributed by atoms with Gasteiger partial charge in [0.05, 0.1) is 5.60 Å². The van der Waals surface area contributed by atoms with Crippen LogP contribution in [0.2, 0.25) is 0 Å². The summed E-state index contributed by atoms with van der Waals surface area (Å²) in [5.41, 5.74) is 2.20. The van der Waals surface area contributed by atoms with Crippen molar-refractivity contribution < 1.29 is 9.50 Å². The standard InChI is InChI=1S/C14H17FO/c15-13-11(9-14(16)7-8-14)6-5-10-3-1-2-4-12(10)13/h5-6,16H,1-4,7-9H2. The summed E-state index contributed by atoms with van der Waals surface area (Å²) in [6, 6.07) is 3.93. The number of benzene rings is 1. The fourth-order valence-electron chi connectivity index (χ4n) is 2.64. The fourth-order valence-corrected chi connectivity index (χ4v) is 2.64. The maximum absolute atomic E-state index is 14.2. The van der Waals surface area contributed by atoms with Crippen LogP contribution in [0.3, 0.4) is 0 Å². The first-order valence-corrected chi connectivity index (χ1v) is 6.19. The van der Waals surface area contributed by atoms with Crippen LogP contribution in [-0.4, -0.2) is 10.7 Å². The van der Waals surface area contributed by atoms with Gasteiger partial charge >= 0.3 is 0 Å². The van der Waals surface area contributed by atoms with Gasteiger partial charge in [0.15, 0.2) is 0 Å². The van der Waals surface area contributed by atoms with Gasteiger partial charge in [-0.1, -0.05) is 12.1 Å². The van der Waals surface area contributed by atoms with E-state index in [4.69, 9.17) is 0 Å². The maximum Gasteiger partial charge on any atom is 0.129 e. The lowest BCUT2D eigenvalue weighted by atomic mass is 9.88. The van der Waals surface area contributed by atoms with E-state index >= 15 is 0 Å². The molecule has 2 aliphatic carbocycles. The Morgan fingerprint density at radius 2 is 1.94 bits per heavy atom. The van der Waals surface area contributed by atoms with Gasteiger partial charge in [-0.2, -0.15) is 0 Å².